The zero-order valence-electron chi connectivity index (χ0n) is 24.0. The van der Waals surface area contributed by atoms with Crippen LogP contribution in [0.1, 0.15) is 59.1 Å². The van der Waals surface area contributed by atoms with E-state index in [1.165, 1.54) is 27.6 Å². The Morgan fingerprint density at radius 1 is 0.900 bits per heavy atom. The number of benzene rings is 3. The van der Waals surface area contributed by atoms with Crippen LogP contribution in [0.2, 0.25) is 0 Å². The van der Waals surface area contributed by atoms with Crippen molar-refractivity contribution in [2.24, 2.45) is 11.8 Å². The Labute approximate surface area is 250 Å². The molecule has 1 radical (unpaired) electrons. The van der Waals surface area contributed by atoms with Crippen LogP contribution in [0.4, 0.5) is 0 Å². The fourth-order valence-electron chi connectivity index (χ4n) is 5.15. The summed E-state index contributed by atoms with van der Waals surface area (Å²) in [6.45, 7) is 10.0. The van der Waals surface area contributed by atoms with E-state index in [1.54, 1.807) is 0 Å². The van der Waals surface area contributed by atoms with Gasteiger partial charge in [-0.25, -0.2) is 0 Å². The van der Waals surface area contributed by atoms with E-state index in [1.807, 2.05) is 52.9 Å². The van der Waals surface area contributed by atoms with Crippen molar-refractivity contribution in [1.82, 2.24) is 4.98 Å². The van der Waals surface area contributed by atoms with Gasteiger partial charge in [0.15, 0.2) is 5.78 Å². The molecule has 3 aromatic carbocycles. The van der Waals surface area contributed by atoms with E-state index in [0.29, 0.717) is 0 Å². The fourth-order valence-corrected chi connectivity index (χ4v) is 5.15. The monoisotopic (exact) mass is 713 g/mol. The van der Waals surface area contributed by atoms with Crippen LogP contribution >= 0.6 is 0 Å². The molecule has 0 fully saturated rings. The van der Waals surface area contributed by atoms with Gasteiger partial charge < -0.3 is 14.5 Å². The molecular formula is C35H38IrNO3-. The molecule has 0 unspecified atom stereocenters. The van der Waals surface area contributed by atoms with Crippen LogP contribution in [0.3, 0.4) is 0 Å². The molecule has 0 spiro atoms. The molecule has 0 aliphatic heterocycles. The average Bonchev–Trinajstić information content (AvgIpc) is 3.34. The molecule has 0 bridgehead atoms. The van der Waals surface area contributed by atoms with Gasteiger partial charge in [-0.1, -0.05) is 74.9 Å². The number of carbonyl (C=O) groups is 1. The smallest absolute Gasteiger partial charge is 0.162 e. The number of hydrogen-bond donors (Lipinski definition) is 1. The summed E-state index contributed by atoms with van der Waals surface area (Å²) < 4.78 is 5.85. The minimum Gasteiger partial charge on any atom is -0.512 e. The predicted molar refractivity (Wildman–Crippen MR) is 162 cm³/mol. The summed E-state index contributed by atoms with van der Waals surface area (Å²) in [5.74, 6) is 1.44. The summed E-state index contributed by atoms with van der Waals surface area (Å²) in [6.07, 6.45) is 6.73. The molecule has 0 aliphatic carbocycles. The number of carbonyl (C=O) groups excluding carboxylic acids is 1. The van der Waals surface area contributed by atoms with Crippen LogP contribution in [0.25, 0.3) is 43.8 Å². The number of aryl methyl sites for hydroxylation is 1. The third-order valence-electron chi connectivity index (χ3n) is 7.57. The average molecular weight is 713 g/mol. The molecule has 1 N–H and O–H groups in total. The first-order valence-electron chi connectivity index (χ1n) is 14.0. The second kappa shape index (κ2) is 14.4. The van der Waals surface area contributed by atoms with Crippen LogP contribution in [0.5, 0.6) is 0 Å². The molecule has 211 valence electrons. The molecule has 2 heterocycles. The van der Waals surface area contributed by atoms with Gasteiger partial charge in [-0.2, -0.15) is 0 Å². The minimum absolute atomic E-state index is 0. The number of aliphatic hydroxyl groups is 1. The molecular weight excluding hydrogens is 675 g/mol. The van der Waals surface area contributed by atoms with E-state index < -0.39 is 0 Å². The van der Waals surface area contributed by atoms with Crippen LogP contribution in [-0.2, 0) is 24.9 Å². The van der Waals surface area contributed by atoms with E-state index in [4.69, 9.17) is 4.42 Å². The molecule has 0 amide bonds. The maximum Gasteiger partial charge on any atom is 0.162 e. The summed E-state index contributed by atoms with van der Waals surface area (Å²) in [5.41, 5.74) is 2.62. The summed E-state index contributed by atoms with van der Waals surface area (Å²) in [6, 6.07) is 24.4. The molecule has 4 nitrogen and oxygen atoms in total. The molecule has 0 saturated carbocycles. The molecule has 5 rings (SSSR count). The minimum atomic E-state index is 0. The number of ketones is 1. The van der Waals surface area contributed by atoms with Crippen LogP contribution in [0.15, 0.2) is 83.1 Å². The molecule has 0 aliphatic rings. The molecule has 0 atom stereocenters. The topological polar surface area (TPSA) is 63.3 Å². The van der Waals surface area contributed by atoms with Crippen molar-refractivity contribution >= 4 is 38.3 Å². The Morgan fingerprint density at radius 3 is 2.27 bits per heavy atom. The number of pyridine rings is 1. The molecule has 5 aromatic rings. The molecule has 0 saturated heterocycles. The van der Waals surface area contributed by atoms with Gasteiger partial charge in [-0.05, 0) is 50.1 Å². The Kier molecular flexibility index (Phi) is 11.2. The Morgan fingerprint density at radius 2 is 1.57 bits per heavy atom. The number of allylic oxidation sites excluding steroid dienone is 2. The number of nitrogens with zero attached hydrogens (tertiary/aromatic N) is 1. The summed E-state index contributed by atoms with van der Waals surface area (Å²) >= 11 is 0. The summed E-state index contributed by atoms with van der Waals surface area (Å²) in [7, 11) is 0. The van der Waals surface area contributed by atoms with E-state index in [0.717, 1.165) is 53.7 Å². The summed E-state index contributed by atoms with van der Waals surface area (Å²) in [4.78, 5) is 16.3. The number of fused-ring (bicyclic) bond motifs is 4. The Hall–Kier alpha value is -3.27. The van der Waals surface area contributed by atoms with Crippen LogP contribution < -0.4 is 0 Å². The van der Waals surface area contributed by atoms with Crippen molar-refractivity contribution in [3.63, 3.8) is 0 Å². The van der Waals surface area contributed by atoms with Crippen molar-refractivity contribution in [3.8, 4) is 11.3 Å². The fraction of sp³-hybridized carbons (Fsp3) is 0.314. The summed E-state index contributed by atoms with van der Waals surface area (Å²) in [5, 5.41) is 15.7. The number of aliphatic hydroxyl groups excluding tert-OH is 1. The number of aromatic nitrogens is 1. The van der Waals surface area contributed by atoms with Gasteiger partial charge in [0.1, 0.15) is 11.3 Å². The van der Waals surface area contributed by atoms with Gasteiger partial charge in [0.05, 0.1) is 5.76 Å². The Balaban J connectivity index is 0.000000243. The van der Waals surface area contributed by atoms with Crippen LogP contribution in [-0.4, -0.2) is 15.9 Å². The molecule has 40 heavy (non-hydrogen) atoms. The van der Waals surface area contributed by atoms with Crippen molar-refractivity contribution in [3.05, 3.63) is 90.5 Å². The van der Waals surface area contributed by atoms with Gasteiger partial charge in [0.25, 0.3) is 0 Å². The maximum absolute atomic E-state index is 11.7. The third-order valence-corrected chi connectivity index (χ3v) is 7.57. The van der Waals surface area contributed by atoms with Gasteiger partial charge >= 0.3 is 0 Å². The van der Waals surface area contributed by atoms with E-state index in [-0.39, 0.29) is 43.5 Å². The molecule has 5 heteroatoms. The number of hydrogen-bond acceptors (Lipinski definition) is 4. The van der Waals surface area contributed by atoms with Crippen LogP contribution in [0, 0.1) is 24.8 Å². The second-order valence-corrected chi connectivity index (χ2v) is 10.1. The van der Waals surface area contributed by atoms with Crippen molar-refractivity contribution < 1.29 is 34.4 Å². The van der Waals surface area contributed by atoms with Crippen molar-refractivity contribution in [2.75, 3.05) is 0 Å². The van der Waals surface area contributed by atoms with Gasteiger partial charge in [0.2, 0.25) is 0 Å². The van der Waals surface area contributed by atoms with E-state index >= 15 is 0 Å². The maximum atomic E-state index is 11.7. The largest absolute Gasteiger partial charge is 0.512 e. The van der Waals surface area contributed by atoms with Crippen molar-refractivity contribution in [2.45, 2.75) is 60.3 Å². The zero-order valence-corrected chi connectivity index (χ0v) is 26.4. The SMILES string of the molecule is CCC(CC)C(=O)/C=C(\O)C(CC)CC.Cc1cc2ccnc(-c3[c-]cc4c(ccc5ccccc54)c3)c2o1.[Ir]. The normalized spacial score (nSPS) is 11.6. The first-order chi connectivity index (χ1) is 18.9. The zero-order chi connectivity index (χ0) is 27.9. The van der Waals surface area contributed by atoms with Gasteiger partial charge in [-0.3, -0.25) is 4.79 Å². The predicted octanol–water partition coefficient (Wildman–Crippen LogP) is 9.78. The second-order valence-electron chi connectivity index (χ2n) is 10.1. The molecule has 2 aromatic heterocycles. The Bertz CT molecular complexity index is 1610. The number of furan rings is 1. The first-order valence-corrected chi connectivity index (χ1v) is 14.0. The van der Waals surface area contributed by atoms with Gasteiger partial charge in [0, 0.05) is 55.3 Å². The van der Waals surface area contributed by atoms with E-state index in [9.17, 15) is 9.90 Å². The third kappa shape index (κ3) is 6.89. The number of rotatable bonds is 8. The standard InChI is InChI=1S/C22H14NO.C13H24O2.Ir/c1-14-12-18-10-11-23-21(22(18)24-14)17-8-9-20-16(13-17)7-6-15-4-2-3-5-19(15)20;1-5-10(6-2)12(14)9-13(15)11(7-3)8-4;/h2-7,9-13H,1H3;9-11,14H,5-8H2,1-4H3;/q-1;;/b;12-9-;. The first kappa shape index (κ1) is 31.3. The van der Waals surface area contributed by atoms with Crippen molar-refractivity contribution in [1.29, 1.82) is 0 Å². The quantitative estimate of drug-likeness (QED) is 0.0753. The van der Waals surface area contributed by atoms with Gasteiger partial charge in [-0.15, -0.1) is 29.1 Å². The van der Waals surface area contributed by atoms with E-state index in [2.05, 4.69) is 59.6 Å².